The second-order valence-corrected chi connectivity index (χ2v) is 3.48. The Labute approximate surface area is 104 Å². The van der Waals surface area contributed by atoms with Crippen LogP contribution in [-0.2, 0) is 6.42 Å². The fraction of sp³-hybridized carbons (Fsp3) is 0.500. The molecule has 0 aliphatic carbocycles. The van der Waals surface area contributed by atoms with E-state index in [1.807, 2.05) is 0 Å². The zero-order chi connectivity index (χ0) is 11.8. The van der Waals surface area contributed by atoms with E-state index in [0.29, 0.717) is 11.6 Å². The number of hydrogen-bond acceptors (Lipinski definition) is 6. The van der Waals surface area contributed by atoms with Crippen LogP contribution >= 0.6 is 23.6 Å². The Balaban J connectivity index is 2.80. The average molecular weight is 265 g/mol. The summed E-state index contributed by atoms with van der Waals surface area (Å²) in [5, 5.41) is 0. The minimum Gasteiger partial charge on any atom is -0.291 e. The number of halogens is 2. The van der Waals surface area contributed by atoms with Crippen LogP contribution in [0.2, 0.25) is 0 Å². The maximum absolute atomic E-state index is 5.34. The molecule has 8 heteroatoms. The molecule has 0 unspecified atom stereocenters. The smallest absolute Gasteiger partial charge is 0.147 e. The number of aryl methyl sites for hydroxylation is 1. The molecule has 16 heavy (non-hydrogen) atoms. The van der Waals surface area contributed by atoms with Crippen molar-refractivity contribution >= 4 is 35.2 Å². The van der Waals surface area contributed by atoms with Gasteiger partial charge in [-0.05, 0) is 30.0 Å². The Morgan fingerprint density at radius 3 is 2.12 bits per heavy atom. The SMILES string of the molecule is CCCCc1nc(NNCl)cc(NNCl)n1. The predicted molar refractivity (Wildman–Crippen MR) is 65.9 cm³/mol. The molecule has 6 nitrogen and oxygen atoms in total. The lowest BCUT2D eigenvalue weighted by atomic mass is 10.2. The first kappa shape index (κ1) is 13.2. The maximum atomic E-state index is 5.34. The van der Waals surface area contributed by atoms with Gasteiger partial charge in [0.05, 0.1) is 0 Å². The van der Waals surface area contributed by atoms with Crippen molar-refractivity contribution in [3.63, 3.8) is 0 Å². The van der Waals surface area contributed by atoms with Crippen LogP contribution in [0.1, 0.15) is 25.6 Å². The molecule has 0 bridgehead atoms. The monoisotopic (exact) mass is 264 g/mol. The second-order valence-electron chi connectivity index (χ2n) is 3.10. The van der Waals surface area contributed by atoms with Crippen molar-refractivity contribution in [2.24, 2.45) is 0 Å². The predicted octanol–water partition coefficient (Wildman–Crippen LogP) is 1.96. The highest BCUT2D eigenvalue weighted by Crippen LogP contribution is 2.11. The fourth-order valence-corrected chi connectivity index (χ4v) is 1.36. The standard InChI is InChI=1S/C8H14Cl2N6/c1-2-3-4-6-11-7(13-15-9)5-8(12-6)14-16-10/h5,15-16H,2-4H2,1H3,(H2,11,12,13,14). The van der Waals surface area contributed by atoms with Crippen LogP contribution < -0.4 is 20.7 Å². The average Bonchev–Trinajstić information content (AvgIpc) is 2.27. The van der Waals surface area contributed by atoms with Gasteiger partial charge in [0.25, 0.3) is 0 Å². The summed E-state index contributed by atoms with van der Waals surface area (Å²) in [4.78, 5) is 13.1. The van der Waals surface area contributed by atoms with Gasteiger partial charge in [-0.1, -0.05) is 13.3 Å². The number of aromatic nitrogens is 2. The molecule has 0 saturated heterocycles. The third kappa shape index (κ3) is 4.36. The van der Waals surface area contributed by atoms with Crippen molar-refractivity contribution < 1.29 is 0 Å². The molecule has 0 amide bonds. The molecule has 0 fully saturated rings. The topological polar surface area (TPSA) is 73.9 Å². The van der Waals surface area contributed by atoms with Gasteiger partial charge in [0.2, 0.25) is 0 Å². The van der Waals surface area contributed by atoms with Crippen LogP contribution in [0.3, 0.4) is 0 Å². The Hall–Kier alpha value is -0.820. The van der Waals surface area contributed by atoms with Crippen LogP contribution in [-0.4, -0.2) is 9.97 Å². The number of hydrogen-bond donors (Lipinski definition) is 4. The molecule has 4 N–H and O–H groups in total. The van der Waals surface area contributed by atoms with Gasteiger partial charge in [0, 0.05) is 12.5 Å². The van der Waals surface area contributed by atoms with Gasteiger partial charge in [-0.3, -0.25) is 10.9 Å². The molecule has 0 radical (unpaired) electrons. The molecule has 1 aromatic rings. The zero-order valence-electron chi connectivity index (χ0n) is 8.85. The molecular weight excluding hydrogens is 251 g/mol. The van der Waals surface area contributed by atoms with Crippen LogP contribution in [0.5, 0.6) is 0 Å². The van der Waals surface area contributed by atoms with E-state index >= 15 is 0 Å². The Bertz CT molecular complexity index is 297. The van der Waals surface area contributed by atoms with E-state index in [9.17, 15) is 0 Å². The first-order chi connectivity index (χ1) is 7.80. The highest BCUT2D eigenvalue weighted by Gasteiger charge is 2.03. The van der Waals surface area contributed by atoms with Crippen molar-refractivity contribution in [1.82, 2.24) is 19.9 Å². The van der Waals surface area contributed by atoms with E-state index in [0.717, 1.165) is 25.1 Å². The van der Waals surface area contributed by atoms with Gasteiger partial charge in [-0.15, -0.1) is 9.89 Å². The summed E-state index contributed by atoms with van der Waals surface area (Å²) < 4.78 is 0. The Morgan fingerprint density at radius 1 is 1.12 bits per heavy atom. The van der Waals surface area contributed by atoms with Gasteiger partial charge >= 0.3 is 0 Å². The van der Waals surface area contributed by atoms with Gasteiger partial charge in [0.15, 0.2) is 0 Å². The third-order valence-corrected chi connectivity index (χ3v) is 2.07. The van der Waals surface area contributed by atoms with Crippen LogP contribution in [0.25, 0.3) is 0 Å². The quantitative estimate of drug-likeness (QED) is 0.446. The summed E-state index contributed by atoms with van der Waals surface area (Å²) in [6.07, 6.45) is 2.93. The summed E-state index contributed by atoms with van der Waals surface area (Å²) in [6, 6.07) is 1.67. The molecule has 0 saturated carbocycles. The number of unbranched alkanes of at least 4 members (excludes halogenated alkanes) is 1. The van der Waals surface area contributed by atoms with E-state index < -0.39 is 0 Å². The minimum atomic E-state index is 0.575. The molecule has 0 aromatic carbocycles. The van der Waals surface area contributed by atoms with Gasteiger partial charge < -0.3 is 0 Å². The minimum absolute atomic E-state index is 0.575. The van der Waals surface area contributed by atoms with Crippen molar-refractivity contribution in [3.8, 4) is 0 Å². The van der Waals surface area contributed by atoms with Crippen LogP contribution in [0.15, 0.2) is 6.07 Å². The molecule has 0 aliphatic heterocycles. The zero-order valence-corrected chi connectivity index (χ0v) is 10.4. The Kier molecular flexibility index (Phi) is 6.17. The number of anilines is 2. The van der Waals surface area contributed by atoms with Crippen LogP contribution in [0.4, 0.5) is 11.6 Å². The summed E-state index contributed by atoms with van der Waals surface area (Å²) in [5.41, 5.74) is 5.35. The number of nitrogens with one attached hydrogen (secondary N) is 4. The lowest BCUT2D eigenvalue weighted by Crippen LogP contribution is -2.15. The Morgan fingerprint density at radius 2 is 1.69 bits per heavy atom. The molecule has 0 atom stereocenters. The number of hydrazine groups is 2. The number of nitrogens with zero attached hydrogens (tertiary/aromatic N) is 2. The van der Waals surface area contributed by atoms with Gasteiger partial charge in [0.1, 0.15) is 17.5 Å². The largest absolute Gasteiger partial charge is 0.291 e. The highest BCUT2D eigenvalue weighted by molar-refractivity contribution is 6.14. The van der Waals surface area contributed by atoms with E-state index in [-0.39, 0.29) is 0 Å². The van der Waals surface area contributed by atoms with Crippen LogP contribution in [0, 0.1) is 0 Å². The summed E-state index contributed by atoms with van der Waals surface area (Å²) in [7, 11) is 0. The molecule has 1 heterocycles. The van der Waals surface area contributed by atoms with E-state index in [1.54, 1.807) is 6.07 Å². The summed E-state index contributed by atoms with van der Waals surface area (Å²) in [6.45, 7) is 2.11. The molecule has 1 rings (SSSR count). The summed E-state index contributed by atoms with van der Waals surface area (Å²) >= 11 is 10.7. The highest BCUT2D eigenvalue weighted by atomic mass is 35.5. The third-order valence-electron chi connectivity index (χ3n) is 1.88. The maximum Gasteiger partial charge on any atom is 0.147 e. The van der Waals surface area contributed by atoms with Crippen molar-refractivity contribution in [1.29, 1.82) is 0 Å². The molecule has 0 spiro atoms. The first-order valence-electron chi connectivity index (χ1n) is 4.91. The number of rotatable bonds is 7. The summed E-state index contributed by atoms with van der Waals surface area (Å²) in [5.74, 6) is 1.88. The van der Waals surface area contributed by atoms with Crippen molar-refractivity contribution in [2.45, 2.75) is 26.2 Å². The van der Waals surface area contributed by atoms with Crippen molar-refractivity contribution in [3.05, 3.63) is 11.9 Å². The molecular formula is C8H14Cl2N6. The first-order valence-corrected chi connectivity index (χ1v) is 5.67. The van der Waals surface area contributed by atoms with Gasteiger partial charge in [-0.25, -0.2) is 9.97 Å². The van der Waals surface area contributed by atoms with Crippen molar-refractivity contribution in [2.75, 3.05) is 10.9 Å². The van der Waals surface area contributed by atoms with Gasteiger partial charge in [-0.2, -0.15) is 0 Å². The van der Waals surface area contributed by atoms with E-state index in [4.69, 9.17) is 23.6 Å². The molecule has 1 aromatic heterocycles. The van der Waals surface area contributed by atoms with E-state index in [2.05, 4.69) is 37.6 Å². The lowest BCUT2D eigenvalue weighted by Gasteiger charge is -2.08. The van der Waals surface area contributed by atoms with E-state index in [1.165, 1.54) is 0 Å². The second kappa shape index (κ2) is 7.45. The molecule has 90 valence electrons. The normalized spacial score (nSPS) is 10.2. The fourth-order valence-electron chi connectivity index (χ4n) is 1.17. The lowest BCUT2D eigenvalue weighted by molar-refractivity contribution is 0.752. The molecule has 0 aliphatic rings.